The van der Waals surface area contributed by atoms with E-state index in [0.717, 1.165) is 0 Å². The first-order valence-electron chi connectivity index (χ1n) is 13.1. The molecule has 3 aliphatic rings. The number of amides is 3. The zero-order valence-electron chi connectivity index (χ0n) is 23.4. The Bertz CT molecular complexity index is 1130. The van der Waals surface area contributed by atoms with Gasteiger partial charge in [0, 0.05) is 25.6 Å². The molecule has 0 aromatic heterocycles. The molecule has 2 heterocycles. The third-order valence-corrected chi connectivity index (χ3v) is 10.1. The Morgan fingerprint density at radius 2 is 1.77 bits per heavy atom. The van der Waals surface area contributed by atoms with E-state index in [9.17, 15) is 40.9 Å². The number of rotatable bonds is 11. The second kappa shape index (κ2) is 14.0. The third-order valence-electron chi connectivity index (χ3n) is 7.83. The van der Waals surface area contributed by atoms with Gasteiger partial charge in [0.05, 0.1) is 12.3 Å². The number of nitrogens with zero attached hydrogens (tertiary/aromatic N) is 1. The van der Waals surface area contributed by atoms with Crippen LogP contribution in [0.1, 0.15) is 58.8 Å². The molecule has 17 heteroatoms. The van der Waals surface area contributed by atoms with Crippen LogP contribution in [0.5, 0.6) is 0 Å². The van der Waals surface area contributed by atoms with Crippen molar-refractivity contribution in [1.82, 2.24) is 20.3 Å². The summed E-state index contributed by atoms with van der Waals surface area (Å²) in [6.07, 6.45) is 2.71. The molecule has 3 amide bonds. The first-order chi connectivity index (χ1) is 18.0. The summed E-state index contributed by atoms with van der Waals surface area (Å²) < 4.78 is 64.9. The third kappa shape index (κ3) is 9.51. The smallest absolute Gasteiger partial charge is 0.746 e. The van der Waals surface area contributed by atoms with Gasteiger partial charge in [-0.2, -0.15) is 0 Å². The molecule has 4 atom stereocenters. The number of piperidine rings is 1. The van der Waals surface area contributed by atoms with Crippen LogP contribution in [0.4, 0.5) is 4.79 Å². The number of carbonyl (C=O) groups excluding carboxylic acids is 3. The number of sulfonamides is 1. The molecule has 1 aliphatic carbocycles. The van der Waals surface area contributed by atoms with Crippen LogP contribution in [0, 0.1) is 17.3 Å². The Kier molecular flexibility index (Phi) is 12.3. The number of ether oxygens (including phenoxy) is 1. The molecule has 0 aromatic carbocycles. The van der Waals surface area contributed by atoms with Crippen LogP contribution in [-0.4, -0.2) is 98.2 Å². The maximum Gasteiger partial charge on any atom is 1.00 e. The summed E-state index contributed by atoms with van der Waals surface area (Å²) in [5.41, 5.74) is -2.55. The van der Waals surface area contributed by atoms with Gasteiger partial charge in [-0.3, -0.25) is 9.59 Å². The molecule has 14 nitrogen and oxygen atoms in total. The van der Waals surface area contributed by atoms with Crippen molar-refractivity contribution in [2.75, 3.05) is 25.9 Å². The van der Waals surface area contributed by atoms with Crippen molar-refractivity contribution < 1.29 is 75.2 Å². The Balaban J connectivity index is 0.00000560. The minimum Gasteiger partial charge on any atom is -0.746 e. The summed E-state index contributed by atoms with van der Waals surface area (Å²) in [6, 6.07) is -2.70. The van der Waals surface area contributed by atoms with E-state index in [-0.39, 0.29) is 59.6 Å². The Morgan fingerprint density at radius 3 is 2.25 bits per heavy atom. The van der Waals surface area contributed by atoms with E-state index < -0.39 is 61.7 Å². The molecular formula is C23H39N4NaO10S2. The minimum absolute atomic E-state index is 0. The molecule has 2 saturated heterocycles. The van der Waals surface area contributed by atoms with Gasteiger partial charge in [0.25, 0.3) is 0 Å². The zero-order chi connectivity index (χ0) is 29.2. The number of aliphatic hydroxyl groups is 1. The summed E-state index contributed by atoms with van der Waals surface area (Å²) in [6.45, 7) is 4.81. The number of hydrogen-bond acceptors (Lipinski definition) is 10. The normalized spacial score (nSPS) is 23.9. The number of nitrogens with one attached hydrogen (secondary N) is 3. The molecule has 0 bridgehead atoms. The van der Waals surface area contributed by atoms with Gasteiger partial charge in [-0.05, 0) is 56.3 Å². The summed E-state index contributed by atoms with van der Waals surface area (Å²) in [4.78, 5) is 37.7. The van der Waals surface area contributed by atoms with E-state index in [1.54, 1.807) is 0 Å². The fraction of sp³-hybridized carbons (Fsp3) is 0.870. The topological polar surface area (TPSA) is 211 Å². The molecule has 4 N–H and O–H groups in total. The molecule has 1 saturated carbocycles. The molecule has 3 fully saturated rings. The van der Waals surface area contributed by atoms with Gasteiger partial charge >= 0.3 is 35.7 Å². The molecule has 1 unspecified atom stereocenters. The molecule has 3 rings (SSSR count). The van der Waals surface area contributed by atoms with Crippen LogP contribution in [0.25, 0.3) is 0 Å². The van der Waals surface area contributed by atoms with Crippen LogP contribution in [-0.2, 0) is 34.5 Å². The van der Waals surface area contributed by atoms with Gasteiger partial charge in [0.1, 0.15) is 22.3 Å². The van der Waals surface area contributed by atoms with Crippen LogP contribution in [0.3, 0.4) is 0 Å². The van der Waals surface area contributed by atoms with E-state index in [2.05, 4.69) is 16.0 Å². The largest absolute Gasteiger partial charge is 1.00 e. The van der Waals surface area contributed by atoms with Crippen molar-refractivity contribution in [3.05, 3.63) is 0 Å². The number of carbonyl (C=O) groups is 3. The number of alkyl carbamates (subject to hydrolysis) is 1. The SMILES string of the molecule is CC(C)C[C@H](NC(=O)OC1CC2(CCN(S(C)(=O)=O)CC2)C1)C(=O)N[C@@H](C[C@H]1CCNC1=O)C(O)S(=O)(=O)[O-].[Na+]. The molecular weight excluding hydrogens is 579 g/mol. The first kappa shape index (κ1) is 35.2. The van der Waals surface area contributed by atoms with Crippen molar-refractivity contribution in [3.63, 3.8) is 0 Å². The van der Waals surface area contributed by atoms with Gasteiger partial charge in [0.15, 0.2) is 5.44 Å². The van der Waals surface area contributed by atoms with Crippen LogP contribution in [0.2, 0.25) is 0 Å². The maximum atomic E-state index is 13.1. The van der Waals surface area contributed by atoms with Crippen molar-refractivity contribution in [2.45, 2.75) is 82.4 Å². The van der Waals surface area contributed by atoms with E-state index in [0.29, 0.717) is 51.7 Å². The number of hydrogen-bond donors (Lipinski definition) is 4. The second-order valence-electron chi connectivity index (χ2n) is 11.4. The van der Waals surface area contributed by atoms with Crippen molar-refractivity contribution in [3.8, 4) is 0 Å². The number of aliphatic hydroxyl groups excluding tert-OH is 1. The first-order valence-corrected chi connectivity index (χ1v) is 16.4. The van der Waals surface area contributed by atoms with Crippen molar-refractivity contribution >= 4 is 38.0 Å². The Hall–Kier alpha value is -1.01. The summed E-state index contributed by atoms with van der Waals surface area (Å²) in [7, 11) is -8.45. The van der Waals surface area contributed by atoms with E-state index >= 15 is 0 Å². The molecule has 2 aliphatic heterocycles. The van der Waals surface area contributed by atoms with Crippen molar-refractivity contribution in [2.24, 2.45) is 17.3 Å². The average Bonchev–Trinajstić information content (AvgIpc) is 3.19. The quantitative estimate of drug-likeness (QED) is 0.131. The Morgan fingerprint density at radius 1 is 1.18 bits per heavy atom. The van der Waals surface area contributed by atoms with Gasteiger partial charge < -0.3 is 30.3 Å². The molecule has 1 spiro atoms. The second-order valence-corrected chi connectivity index (χ2v) is 14.9. The zero-order valence-corrected chi connectivity index (χ0v) is 27.1. The van der Waals surface area contributed by atoms with E-state index in [1.807, 2.05) is 13.8 Å². The molecule has 0 aromatic rings. The average molecular weight is 619 g/mol. The minimum atomic E-state index is -5.20. The summed E-state index contributed by atoms with van der Waals surface area (Å²) in [5.74, 6) is -1.95. The summed E-state index contributed by atoms with van der Waals surface area (Å²) >= 11 is 0. The molecule has 40 heavy (non-hydrogen) atoms. The van der Waals surface area contributed by atoms with Crippen LogP contribution >= 0.6 is 0 Å². The molecule has 224 valence electrons. The van der Waals surface area contributed by atoms with E-state index in [1.165, 1.54) is 10.6 Å². The van der Waals surface area contributed by atoms with E-state index in [4.69, 9.17) is 4.74 Å². The van der Waals surface area contributed by atoms with Crippen LogP contribution < -0.4 is 45.5 Å². The Labute approximate surface area is 257 Å². The van der Waals surface area contributed by atoms with Gasteiger partial charge in [-0.25, -0.2) is 25.9 Å². The predicted molar refractivity (Wildman–Crippen MR) is 137 cm³/mol. The fourth-order valence-corrected chi connectivity index (χ4v) is 7.06. The fourth-order valence-electron chi connectivity index (χ4n) is 5.63. The monoisotopic (exact) mass is 618 g/mol. The summed E-state index contributed by atoms with van der Waals surface area (Å²) in [5, 5.41) is 17.6. The van der Waals surface area contributed by atoms with Gasteiger partial charge in [0.2, 0.25) is 21.8 Å². The van der Waals surface area contributed by atoms with Gasteiger partial charge in [-0.1, -0.05) is 13.8 Å². The van der Waals surface area contributed by atoms with Crippen molar-refractivity contribution in [1.29, 1.82) is 0 Å². The molecule has 0 radical (unpaired) electrons. The standard InChI is InChI=1S/C23H40N4O10S2.Na/c1-14(2)10-17(20(29)25-18(21(30)39(34,35)36)11-15-4-7-24-19(15)28)26-22(31)37-16-12-23(13-16)5-8-27(9-6-23)38(3,32)33;/h14-18,21,30H,4-13H2,1-3H3,(H,24,28)(H,25,29)(H,26,31)(H,34,35,36);/q;+1/p-1/t15-,17+,18+,21?;/m1./s1. The van der Waals surface area contributed by atoms with Crippen LogP contribution in [0.15, 0.2) is 0 Å². The predicted octanol–water partition coefficient (Wildman–Crippen LogP) is -3.79. The maximum absolute atomic E-state index is 13.1. The van der Waals surface area contributed by atoms with Gasteiger partial charge in [-0.15, -0.1) is 0 Å².